The highest BCUT2D eigenvalue weighted by molar-refractivity contribution is 5.93. The van der Waals surface area contributed by atoms with Crippen LogP contribution in [0.4, 0.5) is 5.82 Å². The van der Waals surface area contributed by atoms with E-state index in [1.165, 1.54) is 0 Å². The van der Waals surface area contributed by atoms with E-state index in [9.17, 15) is 10.1 Å². The van der Waals surface area contributed by atoms with E-state index < -0.39 is 0 Å². The Morgan fingerprint density at radius 3 is 2.62 bits per heavy atom. The molecule has 1 N–H and O–H groups in total. The van der Waals surface area contributed by atoms with Crippen molar-refractivity contribution in [1.82, 2.24) is 9.47 Å². The molecule has 4 rings (SSSR count). The van der Waals surface area contributed by atoms with Gasteiger partial charge in [0.1, 0.15) is 11.9 Å². The number of likely N-dealkylation sites (N-methyl/N-ethyl adjacent to an activating group) is 1. The lowest BCUT2D eigenvalue weighted by molar-refractivity contribution is -0.117. The van der Waals surface area contributed by atoms with Crippen LogP contribution in [0.3, 0.4) is 0 Å². The molecule has 2 aromatic carbocycles. The Bertz CT molecular complexity index is 1180. The highest BCUT2D eigenvalue weighted by Gasteiger charge is 2.21. The zero-order valence-electron chi connectivity index (χ0n) is 18.5. The fraction of sp³-hybridized carbons (Fsp3) is 0.280. The van der Waals surface area contributed by atoms with Gasteiger partial charge in [0.2, 0.25) is 12.7 Å². The first-order chi connectivity index (χ1) is 15.5. The van der Waals surface area contributed by atoms with Gasteiger partial charge in [0.05, 0.1) is 12.1 Å². The molecule has 0 bridgehead atoms. The van der Waals surface area contributed by atoms with Crippen molar-refractivity contribution in [3.63, 3.8) is 0 Å². The van der Waals surface area contributed by atoms with E-state index in [0.717, 1.165) is 33.9 Å². The zero-order valence-corrected chi connectivity index (χ0v) is 18.5. The molecule has 0 atom stereocenters. The highest BCUT2D eigenvalue weighted by Crippen LogP contribution is 2.32. The average Bonchev–Trinajstić information content (AvgIpc) is 3.32. The summed E-state index contributed by atoms with van der Waals surface area (Å²) in [5.74, 6) is 1.84. The lowest BCUT2D eigenvalue weighted by Gasteiger charge is -2.18. The first-order valence-electron chi connectivity index (χ1n) is 10.5. The Morgan fingerprint density at radius 1 is 1.12 bits per heavy atom. The van der Waals surface area contributed by atoms with Crippen molar-refractivity contribution in [3.05, 3.63) is 76.5 Å². The van der Waals surface area contributed by atoms with E-state index in [0.29, 0.717) is 24.5 Å². The van der Waals surface area contributed by atoms with Crippen molar-refractivity contribution in [2.75, 3.05) is 25.7 Å². The van der Waals surface area contributed by atoms with E-state index in [2.05, 4.69) is 11.4 Å². The summed E-state index contributed by atoms with van der Waals surface area (Å²) < 4.78 is 12.8. The number of carbonyl (C=O) groups excluding carboxylic acids is 1. The predicted molar refractivity (Wildman–Crippen MR) is 122 cm³/mol. The fourth-order valence-corrected chi connectivity index (χ4v) is 3.92. The zero-order chi connectivity index (χ0) is 22.7. The number of ether oxygens (including phenoxy) is 2. The molecule has 1 aliphatic heterocycles. The van der Waals surface area contributed by atoms with Crippen LogP contribution in [0.2, 0.25) is 0 Å². The predicted octanol–water partition coefficient (Wildman–Crippen LogP) is 3.82. The van der Waals surface area contributed by atoms with Gasteiger partial charge in [-0.1, -0.05) is 36.4 Å². The molecule has 1 amide bonds. The number of rotatable bonds is 7. The molecule has 1 aliphatic rings. The maximum Gasteiger partial charge on any atom is 0.239 e. The Kier molecular flexibility index (Phi) is 6.15. The van der Waals surface area contributed by atoms with Crippen molar-refractivity contribution in [2.24, 2.45) is 0 Å². The summed E-state index contributed by atoms with van der Waals surface area (Å²) in [6.45, 7) is 5.47. The van der Waals surface area contributed by atoms with Crippen molar-refractivity contribution >= 4 is 11.7 Å². The van der Waals surface area contributed by atoms with Gasteiger partial charge in [-0.15, -0.1) is 0 Å². The van der Waals surface area contributed by atoms with E-state index in [1.807, 2.05) is 78.9 Å². The number of nitriles is 1. The summed E-state index contributed by atoms with van der Waals surface area (Å²) in [5, 5.41) is 12.7. The monoisotopic (exact) mass is 430 g/mol. The van der Waals surface area contributed by atoms with Crippen molar-refractivity contribution in [1.29, 1.82) is 5.26 Å². The third kappa shape index (κ3) is 4.46. The van der Waals surface area contributed by atoms with Gasteiger partial charge in [0.25, 0.3) is 0 Å². The van der Waals surface area contributed by atoms with Gasteiger partial charge in [-0.25, -0.2) is 0 Å². The number of benzene rings is 2. The van der Waals surface area contributed by atoms with Gasteiger partial charge in [0.15, 0.2) is 11.5 Å². The maximum atomic E-state index is 12.9. The molecule has 7 heteroatoms. The Hall–Kier alpha value is -3.76. The molecule has 0 spiro atoms. The molecule has 0 fully saturated rings. The van der Waals surface area contributed by atoms with E-state index in [4.69, 9.17) is 9.47 Å². The first-order valence-corrected chi connectivity index (χ1v) is 10.5. The van der Waals surface area contributed by atoms with Crippen LogP contribution >= 0.6 is 0 Å². The molecule has 7 nitrogen and oxygen atoms in total. The van der Waals surface area contributed by atoms with Crippen LogP contribution in [0.5, 0.6) is 11.5 Å². The minimum absolute atomic E-state index is 0.170. The Morgan fingerprint density at radius 2 is 1.88 bits per heavy atom. The highest BCUT2D eigenvalue weighted by atomic mass is 16.7. The smallest absolute Gasteiger partial charge is 0.239 e. The van der Waals surface area contributed by atoms with Crippen LogP contribution in [-0.4, -0.2) is 35.8 Å². The van der Waals surface area contributed by atoms with E-state index >= 15 is 0 Å². The summed E-state index contributed by atoms with van der Waals surface area (Å²) in [4.78, 5) is 14.8. The van der Waals surface area contributed by atoms with Crippen LogP contribution < -0.4 is 14.8 Å². The summed E-state index contributed by atoms with van der Waals surface area (Å²) in [6, 6.07) is 18.0. The second kappa shape index (κ2) is 9.16. The summed E-state index contributed by atoms with van der Waals surface area (Å²) in [6.07, 6.45) is 0. The largest absolute Gasteiger partial charge is 0.454 e. The second-order valence-electron chi connectivity index (χ2n) is 8.03. The number of hydrogen-bond acceptors (Lipinski definition) is 5. The summed E-state index contributed by atoms with van der Waals surface area (Å²) >= 11 is 0. The topological polar surface area (TPSA) is 79.5 Å². The van der Waals surface area contributed by atoms with Gasteiger partial charge >= 0.3 is 0 Å². The van der Waals surface area contributed by atoms with Gasteiger partial charge < -0.3 is 19.4 Å². The van der Waals surface area contributed by atoms with E-state index in [-0.39, 0.29) is 19.2 Å². The van der Waals surface area contributed by atoms with Crippen LogP contribution in [0.15, 0.2) is 48.5 Å². The average molecular weight is 431 g/mol. The number of nitrogens with zero attached hydrogens (tertiary/aromatic N) is 3. The number of anilines is 1. The molecule has 0 unspecified atom stereocenters. The van der Waals surface area contributed by atoms with Gasteiger partial charge in [0, 0.05) is 18.8 Å². The Labute approximate surface area is 187 Å². The molecular weight excluding hydrogens is 404 g/mol. The minimum Gasteiger partial charge on any atom is -0.454 e. The van der Waals surface area contributed by atoms with Gasteiger partial charge in [-0.05, 0) is 49.7 Å². The van der Waals surface area contributed by atoms with Crippen LogP contribution in [0.25, 0.3) is 0 Å². The summed E-state index contributed by atoms with van der Waals surface area (Å²) in [7, 11) is 1.88. The minimum atomic E-state index is -0.170. The normalized spacial score (nSPS) is 12.1. The van der Waals surface area contributed by atoms with Crippen LogP contribution in [0, 0.1) is 25.2 Å². The lowest BCUT2D eigenvalue weighted by atomic mass is 10.2. The number of fused-ring (bicyclic) bond motifs is 1. The summed E-state index contributed by atoms with van der Waals surface area (Å²) in [5.41, 5.74) is 4.49. The van der Waals surface area contributed by atoms with Crippen LogP contribution in [0.1, 0.15) is 27.9 Å². The third-order valence-corrected chi connectivity index (χ3v) is 5.69. The number of nitrogens with one attached hydrogen (secondary N) is 1. The fourth-order valence-electron chi connectivity index (χ4n) is 3.92. The molecule has 1 aromatic heterocycles. The SMILES string of the molecule is Cc1c(C#N)c(NC(=O)CN(C)Cc2ccc3c(c2)OCO3)n(Cc2ccccc2)c1C. The molecule has 3 aromatic rings. The molecule has 32 heavy (non-hydrogen) atoms. The molecule has 164 valence electrons. The standard InChI is InChI=1S/C25H26N4O3/c1-17-18(2)29(14-19-7-5-4-6-8-19)25(21(17)12-26)27-24(30)15-28(3)13-20-9-10-22-23(11-20)32-16-31-22/h4-11H,13-16H2,1-3H3,(H,27,30). The maximum absolute atomic E-state index is 12.9. The molecular formula is C25H26N4O3. The number of carbonyl (C=O) groups is 1. The quantitative estimate of drug-likeness (QED) is 0.616. The third-order valence-electron chi connectivity index (χ3n) is 5.69. The molecule has 0 saturated carbocycles. The van der Waals surface area contributed by atoms with Crippen molar-refractivity contribution in [2.45, 2.75) is 26.9 Å². The van der Waals surface area contributed by atoms with Gasteiger partial charge in [-0.3, -0.25) is 9.69 Å². The molecule has 2 heterocycles. The molecule has 0 radical (unpaired) electrons. The second-order valence-corrected chi connectivity index (χ2v) is 8.03. The Balaban J connectivity index is 1.47. The van der Waals surface area contributed by atoms with Gasteiger partial charge in [-0.2, -0.15) is 5.26 Å². The number of hydrogen-bond donors (Lipinski definition) is 1. The number of amides is 1. The molecule has 0 aliphatic carbocycles. The van der Waals surface area contributed by atoms with Crippen molar-refractivity contribution < 1.29 is 14.3 Å². The number of aromatic nitrogens is 1. The van der Waals surface area contributed by atoms with E-state index in [1.54, 1.807) is 0 Å². The van der Waals surface area contributed by atoms with Crippen molar-refractivity contribution in [3.8, 4) is 17.6 Å². The molecule has 0 saturated heterocycles. The first kappa shape index (κ1) is 21.5. The lowest BCUT2D eigenvalue weighted by Crippen LogP contribution is -2.30. The van der Waals surface area contributed by atoms with Crippen LogP contribution in [-0.2, 0) is 17.9 Å².